The maximum absolute atomic E-state index is 9.70. The average molecular weight is 242 g/mol. The van der Waals surface area contributed by atoms with Gasteiger partial charge >= 0.3 is 0 Å². The zero-order valence-electron chi connectivity index (χ0n) is 10.6. The summed E-state index contributed by atoms with van der Waals surface area (Å²) in [6.07, 6.45) is 0.613. The highest BCUT2D eigenvalue weighted by Crippen LogP contribution is 2.16. The van der Waals surface area contributed by atoms with Crippen molar-refractivity contribution in [3.63, 3.8) is 0 Å². The first-order chi connectivity index (χ1) is 7.49. The first kappa shape index (κ1) is 13.6. The van der Waals surface area contributed by atoms with E-state index in [4.69, 9.17) is 0 Å². The predicted molar refractivity (Wildman–Crippen MR) is 68.8 cm³/mol. The Morgan fingerprint density at radius 1 is 1.38 bits per heavy atom. The van der Waals surface area contributed by atoms with Crippen LogP contribution in [-0.2, 0) is 6.54 Å². The second kappa shape index (κ2) is 6.33. The summed E-state index contributed by atoms with van der Waals surface area (Å²) in [5.74, 6) is 0.546. The number of hydrogen-bond donors (Lipinski definition) is 2. The van der Waals surface area contributed by atoms with Crippen molar-refractivity contribution in [3.05, 3.63) is 15.6 Å². The van der Waals surface area contributed by atoms with E-state index in [0.29, 0.717) is 12.5 Å². The normalized spacial score (nSPS) is 13.4. The number of aromatic nitrogens is 1. The number of rotatable bonds is 6. The number of thiazole rings is 1. The molecule has 1 aromatic heterocycles. The van der Waals surface area contributed by atoms with Crippen molar-refractivity contribution >= 4 is 11.3 Å². The summed E-state index contributed by atoms with van der Waals surface area (Å²) in [5.41, 5.74) is 1.10. The van der Waals surface area contributed by atoms with Crippen molar-refractivity contribution in [2.75, 3.05) is 6.54 Å². The van der Waals surface area contributed by atoms with Gasteiger partial charge in [-0.2, -0.15) is 0 Å². The van der Waals surface area contributed by atoms with Crippen LogP contribution in [0.5, 0.6) is 0 Å². The Labute approximate surface area is 102 Å². The molecule has 0 radical (unpaired) electrons. The van der Waals surface area contributed by atoms with Crippen molar-refractivity contribution in [2.45, 2.75) is 46.8 Å². The number of nitrogens with one attached hydrogen (secondary N) is 1. The van der Waals surface area contributed by atoms with Gasteiger partial charge in [0.05, 0.1) is 16.8 Å². The lowest BCUT2D eigenvalue weighted by molar-refractivity contribution is 0.146. The summed E-state index contributed by atoms with van der Waals surface area (Å²) in [5, 5.41) is 14.1. The van der Waals surface area contributed by atoms with Gasteiger partial charge in [0, 0.05) is 18.0 Å². The van der Waals surface area contributed by atoms with Gasteiger partial charge < -0.3 is 10.4 Å². The fourth-order valence-corrected chi connectivity index (χ4v) is 2.62. The van der Waals surface area contributed by atoms with E-state index in [1.165, 1.54) is 4.88 Å². The standard InChI is InChI=1S/C12H22N2OS/c1-8(2)5-11(15)6-13-7-12-9(3)14-10(4)16-12/h8,11,13,15H,5-7H2,1-4H3. The van der Waals surface area contributed by atoms with Gasteiger partial charge in [0.2, 0.25) is 0 Å². The van der Waals surface area contributed by atoms with Crippen LogP contribution in [0.3, 0.4) is 0 Å². The molecule has 0 amide bonds. The van der Waals surface area contributed by atoms with Gasteiger partial charge in [0.15, 0.2) is 0 Å². The van der Waals surface area contributed by atoms with E-state index >= 15 is 0 Å². The minimum atomic E-state index is -0.241. The average Bonchev–Trinajstić information content (AvgIpc) is 2.44. The van der Waals surface area contributed by atoms with Gasteiger partial charge in [-0.25, -0.2) is 4.98 Å². The van der Waals surface area contributed by atoms with Gasteiger partial charge in [0.1, 0.15) is 0 Å². The Kier molecular flexibility index (Phi) is 5.38. The van der Waals surface area contributed by atoms with E-state index in [-0.39, 0.29) is 6.10 Å². The van der Waals surface area contributed by atoms with E-state index in [2.05, 4.69) is 24.1 Å². The highest BCUT2D eigenvalue weighted by Gasteiger charge is 2.08. The Balaban J connectivity index is 2.27. The molecule has 4 heteroatoms. The lowest BCUT2D eigenvalue weighted by atomic mass is 10.1. The lowest BCUT2D eigenvalue weighted by Gasteiger charge is -2.13. The molecule has 3 nitrogen and oxygen atoms in total. The van der Waals surface area contributed by atoms with Crippen LogP contribution in [0.1, 0.15) is 35.8 Å². The molecule has 2 N–H and O–H groups in total. The molecule has 0 aliphatic heterocycles. The van der Waals surface area contributed by atoms with E-state index in [1.807, 2.05) is 13.8 Å². The molecule has 16 heavy (non-hydrogen) atoms. The minimum absolute atomic E-state index is 0.241. The maximum Gasteiger partial charge on any atom is 0.0900 e. The highest BCUT2D eigenvalue weighted by atomic mass is 32.1. The second-order valence-corrected chi connectivity index (χ2v) is 5.94. The van der Waals surface area contributed by atoms with Crippen molar-refractivity contribution in [3.8, 4) is 0 Å². The number of aryl methyl sites for hydroxylation is 2. The molecule has 0 fully saturated rings. The van der Waals surface area contributed by atoms with Gasteiger partial charge in [-0.15, -0.1) is 11.3 Å². The molecular formula is C12H22N2OS. The molecule has 0 aliphatic rings. The molecule has 0 spiro atoms. The second-order valence-electron chi connectivity index (χ2n) is 4.66. The summed E-state index contributed by atoms with van der Waals surface area (Å²) < 4.78 is 0. The van der Waals surface area contributed by atoms with E-state index in [1.54, 1.807) is 11.3 Å². The molecule has 92 valence electrons. The van der Waals surface area contributed by atoms with E-state index < -0.39 is 0 Å². The Hall–Kier alpha value is -0.450. The summed E-state index contributed by atoms with van der Waals surface area (Å²) in [6.45, 7) is 9.78. The third kappa shape index (κ3) is 4.60. The maximum atomic E-state index is 9.70. The van der Waals surface area contributed by atoms with Crippen LogP contribution >= 0.6 is 11.3 Å². The first-order valence-electron chi connectivity index (χ1n) is 5.80. The van der Waals surface area contributed by atoms with Crippen molar-refractivity contribution in [1.82, 2.24) is 10.3 Å². The van der Waals surface area contributed by atoms with Crippen LogP contribution in [0.2, 0.25) is 0 Å². The van der Waals surface area contributed by atoms with Gasteiger partial charge in [-0.3, -0.25) is 0 Å². The summed E-state index contributed by atoms with van der Waals surface area (Å²) >= 11 is 1.72. The Morgan fingerprint density at radius 2 is 2.06 bits per heavy atom. The van der Waals surface area contributed by atoms with Crippen molar-refractivity contribution in [1.29, 1.82) is 0 Å². The van der Waals surface area contributed by atoms with Crippen molar-refractivity contribution in [2.24, 2.45) is 5.92 Å². The molecule has 1 unspecified atom stereocenters. The van der Waals surface area contributed by atoms with Gasteiger partial charge in [0.25, 0.3) is 0 Å². The Morgan fingerprint density at radius 3 is 2.56 bits per heavy atom. The minimum Gasteiger partial charge on any atom is -0.392 e. The monoisotopic (exact) mass is 242 g/mol. The fraction of sp³-hybridized carbons (Fsp3) is 0.750. The van der Waals surface area contributed by atoms with Gasteiger partial charge in [-0.1, -0.05) is 13.8 Å². The highest BCUT2D eigenvalue weighted by molar-refractivity contribution is 7.11. The van der Waals surface area contributed by atoms with E-state index in [0.717, 1.165) is 23.7 Å². The topological polar surface area (TPSA) is 45.2 Å². The van der Waals surface area contributed by atoms with Crippen LogP contribution in [0.15, 0.2) is 0 Å². The molecular weight excluding hydrogens is 220 g/mol. The summed E-state index contributed by atoms with van der Waals surface area (Å²) in [4.78, 5) is 5.65. The number of aliphatic hydroxyl groups excluding tert-OH is 1. The van der Waals surface area contributed by atoms with Crippen LogP contribution < -0.4 is 5.32 Å². The van der Waals surface area contributed by atoms with Gasteiger partial charge in [-0.05, 0) is 26.2 Å². The van der Waals surface area contributed by atoms with Crippen LogP contribution in [0.25, 0.3) is 0 Å². The molecule has 1 aromatic rings. The van der Waals surface area contributed by atoms with Crippen molar-refractivity contribution < 1.29 is 5.11 Å². The van der Waals surface area contributed by atoms with E-state index in [9.17, 15) is 5.11 Å². The SMILES string of the molecule is Cc1nc(C)c(CNCC(O)CC(C)C)s1. The smallest absolute Gasteiger partial charge is 0.0900 e. The quantitative estimate of drug-likeness (QED) is 0.804. The summed E-state index contributed by atoms with van der Waals surface area (Å²) in [7, 11) is 0. The number of hydrogen-bond acceptors (Lipinski definition) is 4. The predicted octanol–water partition coefficient (Wildman–Crippen LogP) is 2.26. The lowest BCUT2D eigenvalue weighted by Crippen LogP contribution is -2.27. The number of nitrogens with zero attached hydrogens (tertiary/aromatic N) is 1. The molecule has 0 saturated heterocycles. The summed E-state index contributed by atoms with van der Waals surface area (Å²) in [6, 6.07) is 0. The van der Waals surface area contributed by atoms with Crippen LogP contribution in [0, 0.1) is 19.8 Å². The zero-order chi connectivity index (χ0) is 12.1. The molecule has 1 heterocycles. The number of aliphatic hydroxyl groups is 1. The van der Waals surface area contributed by atoms with Crippen LogP contribution in [-0.4, -0.2) is 22.7 Å². The third-order valence-electron chi connectivity index (χ3n) is 2.41. The third-order valence-corrected chi connectivity index (χ3v) is 3.48. The molecule has 0 saturated carbocycles. The largest absolute Gasteiger partial charge is 0.392 e. The Bertz CT molecular complexity index is 323. The molecule has 1 rings (SSSR count). The molecule has 0 bridgehead atoms. The molecule has 1 atom stereocenters. The zero-order valence-corrected chi connectivity index (χ0v) is 11.4. The van der Waals surface area contributed by atoms with Crippen LogP contribution in [0.4, 0.5) is 0 Å². The first-order valence-corrected chi connectivity index (χ1v) is 6.62. The molecule has 0 aliphatic carbocycles. The molecule has 0 aromatic carbocycles. The fourth-order valence-electron chi connectivity index (χ4n) is 1.72.